The van der Waals surface area contributed by atoms with E-state index in [0.717, 1.165) is 11.0 Å². The minimum absolute atomic E-state index is 0.0461. The molecular weight excluding hydrogens is 425 g/mol. The largest absolute Gasteiger partial charge is 0.497 e. The Labute approximate surface area is 189 Å². The molecule has 0 bridgehead atoms. The highest BCUT2D eigenvalue weighted by atomic mass is 19.1. The van der Waals surface area contributed by atoms with Gasteiger partial charge < -0.3 is 15.4 Å². The third-order valence-electron chi connectivity index (χ3n) is 4.98. The summed E-state index contributed by atoms with van der Waals surface area (Å²) in [7, 11) is 1.52. The van der Waals surface area contributed by atoms with Crippen molar-refractivity contribution in [3.63, 3.8) is 0 Å². The molecule has 0 aromatic heterocycles. The van der Waals surface area contributed by atoms with Crippen LogP contribution in [0.1, 0.15) is 12.5 Å². The van der Waals surface area contributed by atoms with Crippen LogP contribution in [0.2, 0.25) is 0 Å². The van der Waals surface area contributed by atoms with E-state index in [1.165, 1.54) is 32.2 Å². The van der Waals surface area contributed by atoms with Gasteiger partial charge >= 0.3 is 0 Å². The second-order valence-corrected chi connectivity index (χ2v) is 7.29. The highest BCUT2D eigenvalue weighted by molar-refractivity contribution is 6.46. The molecule has 0 atom stereocenters. The van der Waals surface area contributed by atoms with E-state index in [1.807, 2.05) is 0 Å². The van der Waals surface area contributed by atoms with Crippen LogP contribution < -0.4 is 20.3 Å². The molecule has 0 radical (unpaired) electrons. The lowest BCUT2D eigenvalue weighted by Gasteiger charge is -2.15. The third kappa shape index (κ3) is 4.45. The van der Waals surface area contributed by atoms with E-state index in [1.54, 1.807) is 48.5 Å². The van der Waals surface area contributed by atoms with Gasteiger partial charge in [-0.25, -0.2) is 9.29 Å². The van der Waals surface area contributed by atoms with Crippen LogP contribution in [0.3, 0.4) is 0 Å². The van der Waals surface area contributed by atoms with Crippen molar-refractivity contribution in [1.29, 1.82) is 0 Å². The van der Waals surface area contributed by atoms with Gasteiger partial charge in [-0.3, -0.25) is 14.4 Å². The summed E-state index contributed by atoms with van der Waals surface area (Å²) in [6.45, 7) is 1.39. The number of hydrogen-bond donors (Lipinski definition) is 2. The summed E-state index contributed by atoms with van der Waals surface area (Å²) in [4.78, 5) is 39.0. The number of amides is 3. The topological polar surface area (TPSA) is 87.7 Å². The van der Waals surface area contributed by atoms with E-state index in [9.17, 15) is 18.8 Å². The Morgan fingerprint density at radius 1 is 0.909 bits per heavy atom. The second-order valence-electron chi connectivity index (χ2n) is 7.29. The lowest BCUT2D eigenvalue weighted by atomic mass is 10.0. The molecule has 2 N–H and O–H groups in total. The molecule has 33 heavy (non-hydrogen) atoms. The Morgan fingerprint density at radius 3 is 2.30 bits per heavy atom. The third-order valence-corrected chi connectivity index (χ3v) is 4.98. The SMILES string of the molecule is COc1cccc(NC2=C(c3ccc(NC(C)=O)cc3)C(=O)N(c3cccc(F)c3)C2=O)c1. The summed E-state index contributed by atoms with van der Waals surface area (Å²) in [5.74, 6) is -1.44. The van der Waals surface area contributed by atoms with Gasteiger partial charge in [-0.1, -0.05) is 24.3 Å². The van der Waals surface area contributed by atoms with Crippen LogP contribution in [-0.2, 0) is 14.4 Å². The Bertz CT molecular complexity index is 1280. The molecule has 3 aromatic carbocycles. The lowest BCUT2D eigenvalue weighted by molar-refractivity contribution is -0.120. The van der Waals surface area contributed by atoms with Crippen molar-refractivity contribution in [1.82, 2.24) is 0 Å². The molecular formula is C25H20FN3O4. The lowest BCUT2D eigenvalue weighted by Crippen LogP contribution is -2.32. The maximum Gasteiger partial charge on any atom is 0.282 e. The predicted molar refractivity (Wildman–Crippen MR) is 123 cm³/mol. The molecule has 0 fully saturated rings. The predicted octanol–water partition coefficient (Wildman–Crippen LogP) is 4.19. The standard InChI is InChI=1S/C25H20FN3O4/c1-15(30)27-18-11-9-16(10-12-18)22-23(28-19-6-4-8-21(14-19)33-2)25(32)29(24(22)31)20-7-3-5-17(26)13-20/h3-14,28H,1-2H3,(H,27,30). The second kappa shape index (κ2) is 8.96. The molecule has 1 heterocycles. The van der Waals surface area contributed by atoms with E-state index in [4.69, 9.17) is 4.74 Å². The first kappa shape index (κ1) is 21.8. The van der Waals surface area contributed by atoms with Crippen LogP contribution in [0.25, 0.3) is 5.57 Å². The summed E-state index contributed by atoms with van der Waals surface area (Å²) in [6, 6.07) is 18.7. The zero-order chi connectivity index (χ0) is 23.5. The van der Waals surface area contributed by atoms with Gasteiger partial charge in [-0.2, -0.15) is 0 Å². The first-order valence-electron chi connectivity index (χ1n) is 10.0. The summed E-state index contributed by atoms with van der Waals surface area (Å²) in [5, 5.41) is 5.69. The van der Waals surface area contributed by atoms with Gasteiger partial charge in [0, 0.05) is 24.4 Å². The Kier molecular flexibility index (Phi) is 5.91. The summed E-state index contributed by atoms with van der Waals surface area (Å²) in [5.41, 5.74) is 1.85. The molecule has 0 spiro atoms. The van der Waals surface area contributed by atoms with E-state index in [0.29, 0.717) is 22.7 Å². The number of nitrogens with one attached hydrogen (secondary N) is 2. The number of benzene rings is 3. The van der Waals surface area contributed by atoms with Crippen molar-refractivity contribution in [2.24, 2.45) is 0 Å². The number of imide groups is 1. The molecule has 0 saturated carbocycles. The molecule has 0 unspecified atom stereocenters. The number of hydrogen-bond acceptors (Lipinski definition) is 5. The Hall–Kier alpha value is -4.46. The first-order valence-corrected chi connectivity index (χ1v) is 10.0. The fraction of sp³-hybridized carbons (Fsp3) is 0.0800. The van der Waals surface area contributed by atoms with Gasteiger partial charge in [0.2, 0.25) is 5.91 Å². The first-order chi connectivity index (χ1) is 15.9. The number of carbonyl (C=O) groups excluding carboxylic acids is 3. The maximum atomic E-state index is 13.8. The monoisotopic (exact) mass is 445 g/mol. The fourth-order valence-corrected chi connectivity index (χ4v) is 3.53. The van der Waals surface area contributed by atoms with Crippen LogP contribution in [0, 0.1) is 5.82 Å². The van der Waals surface area contributed by atoms with Gasteiger partial charge in [0.25, 0.3) is 11.8 Å². The Balaban J connectivity index is 1.79. The van der Waals surface area contributed by atoms with Gasteiger partial charge in [0.15, 0.2) is 0 Å². The molecule has 0 saturated heterocycles. The van der Waals surface area contributed by atoms with Gasteiger partial charge in [-0.05, 0) is 48.0 Å². The van der Waals surface area contributed by atoms with Crippen molar-refractivity contribution < 1.29 is 23.5 Å². The molecule has 3 aromatic rings. The molecule has 4 rings (SSSR count). The van der Waals surface area contributed by atoms with Crippen molar-refractivity contribution >= 4 is 40.4 Å². The number of nitrogens with zero attached hydrogens (tertiary/aromatic N) is 1. The van der Waals surface area contributed by atoms with Crippen molar-refractivity contribution in [3.8, 4) is 5.75 Å². The average molecular weight is 445 g/mol. The molecule has 0 aliphatic carbocycles. The minimum Gasteiger partial charge on any atom is -0.497 e. The molecule has 8 heteroatoms. The molecule has 3 amide bonds. The van der Waals surface area contributed by atoms with Crippen LogP contribution >= 0.6 is 0 Å². The van der Waals surface area contributed by atoms with Crippen molar-refractivity contribution in [2.45, 2.75) is 6.92 Å². The molecule has 1 aliphatic rings. The van der Waals surface area contributed by atoms with Gasteiger partial charge in [-0.15, -0.1) is 0 Å². The number of rotatable bonds is 6. The number of anilines is 3. The van der Waals surface area contributed by atoms with Gasteiger partial charge in [0.05, 0.1) is 18.4 Å². The van der Waals surface area contributed by atoms with E-state index in [2.05, 4.69) is 10.6 Å². The quantitative estimate of drug-likeness (QED) is 0.556. The number of halogens is 1. The fourth-order valence-electron chi connectivity index (χ4n) is 3.53. The highest BCUT2D eigenvalue weighted by Gasteiger charge is 2.40. The minimum atomic E-state index is -0.616. The summed E-state index contributed by atoms with van der Waals surface area (Å²) >= 11 is 0. The van der Waals surface area contributed by atoms with Crippen LogP contribution in [0.5, 0.6) is 5.75 Å². The number of carbonyl (C=O) groups is 3. The van der Waals surface area contributed by atoms with Crippen molar-refractivity contribution in [2.75, 3.05) is 22.6 Å². The smallest absolute Gasteiger partial charge is 0.282 e. The highest BCUT2D eigenvalue weighted by Crippen LogP contribution is 2.34. The molecule has 7 nitrogen and oxygen atoms in total. The van der Waals surface area contributed by atoms with E-state index < -0.39 is 17.6 Å². The normalized spacial score (nSPS) is 13.4. The zero-order valence-electron chi connectivity index (χ0n) is 17.9. The molecule has 1 aliphatic heterocycles. The summed E-state index contributed by atoms with van der Waals surface area (Å²) in [6.07, 6.45) is 0. The number of methoxy groups -OCH3 is 1. The van der Waals surface area contributed by atoms with E-state index >= 15 is 0 Å². The van der Waals surface area contributed by atoms with Crippen LogP contribution in [0.15, 0.2) is 78.5 Å². The van der Waals surface area contributed by atoms with Crippen molar-refractivity contribution in [3.05, 3.63) is 89.9 Å². The maximum absolute atomic E-state index is 13.8. The zero-order valence-corrected chi connectivity index (χ0v) is 17.9. The molecule has 166 valence electrons. The van der Waals surface area contributed by atoms with E-state index in [-0.39, 0.29) is 22.9 Å². The van der Waals surface area contributed by atoms with Gasteiger partial charge in [0.1, 0.15) is 17.3 Å². The Morgan fingerprint density at radius 2 is 1.64 bits per heavy atom. The van der Waals surface area contributed by atoms with Crippen LogP contribution in [-0.4, -0.2) is 24.8 Å². The average Bonchev–Trinajstić information content (AvgIpc) is 3.03. The summed E-state index contributed by atoms with van der Waals surface area (Å²) < 4.78 is 19.1. The number of ether oxygens (including phenoxy) is 1. The van der Waals surface area contributed by atoms with Crippen LogP contribution in [0.4, 0.5) is 21.5 Å².